The monoisotopic (exact) mass is 507 g/mol. The Hall–Kier alpha value is -0.606. The van der Waals surface area contributed by atoms with Gasteiger partial charge in [-0.25, -0.2) is 4.79 Å². The molecule has 7 heteroatoms. The van der Waals surface area contributed by atoms with Gasteiger partial charge in [-0.05, 0) is 42.7 Å². The molecule has 1 amide bonds. The zero-order valence-corrected chi connectivity index (χ0v) is 22.0. The van der Waals surface area contributed by atoms with Crippen molar-refractivity contribution in [3.05, 3.63) is 51.7 Å². The van der Waals surface area contributed by atoms with Gasteiger partial charge < -0.3 is 10.1 Å². The summed E-state index contributed by atoms with van der Waals surface area (Å²) in [6.07, 6.45) is 6.67. The molecule has 4 nitrogen and oxygen atoms in total. The first kappa shape index (κ1) is 24.7. The molecule has 1 aromatic carbocycles. The number of carbonyl (C=O) groups is 2. The summed E-state index contributed by atoms with van der Waals surface area (Å²) < 4.78 is 4.88. The van der Waals surface area contributed by atoms with E-state index in [2.05, 4.69) is 36.5 Å². The van der Waals surface area contributed by atoms with Gasteiger partial charge in [-0.15, -0.1) is 11.3 Å². The van der Waals surface area contributed by atoms with Gasteiger partial charge in [0.1, 0.15) is 10.5 Å². The fourth-order valence-electron chi connectivity index (χ4n) is 4.36. The molecule has 1 saturated heterocycles. The molecular formula is C22H29NO3PSY+. The molecule has 2 aromatic rings. The summed E-state index contributed by atoms with van der Waals surface area (Å²) in [5, 5.41) is 5.01. The summed E-state index contributed by atoms with van der Waals surface area (Å²) in [7, 11) is -0.0673. The topological polar surface area (TPSA) is 55.4 Å². The van der Waals surface area contributed by atoms with Crippen LogP contribution in [0, 0.1) is 6.92 Å². The van der Waals surface area contributed by atoms with Crippen molar-refractivity contribution in [3.63, 3.8) is 0 Å². The molecule has 1 aliphatic rings. The molecule has 1 unspecified atom stereocenters. The van der Waals surface area contributed by atoms with Crippen LogP contribution < -0.4 is 5.32 Å². The van der Waals surface area contributed by atoms with E-state index in [1.807, 2.05) is 18.4 Å². The quantitative estimate of drug-likeness (QED) is 0.394. The number of hydrogen-bond donors (Lipinski definition) is 1. The third-order valence-electron chi connectivity index (χ3n) is 5.74. The predicted octanol–water partition coefficient (Wildman–Crippen LogP) is 5.57. The Morgan fingerprint density at radius 1 is 1.21 bits per heavy atom. The minimum atomic E-state index is -1.44. The molecule has 1 radical (unpaired) electrons. The van der Waals surface area contributed by atoms with Crippen molar-refractivity contribution in [3.8, 4) is 0 Å². The zero-order chi connectivity index (χ0) is 20.1. The number of esters is 1. The van der Waals surface area contributed by atoms with E-state index in [1.54, 1.807) is 0 Å². The van der Waals surface area contributed by atoms with Gasteiger partial charge in [0.25, 0.3) is 5.91 Å². The number of thiophene rings is 1. The van der Waals surface area contributed by atoms with Crippen LogP contribution >= 0.6 is 18.6 Å². The van der Waals surface area contributed by atoms with Crippen LogP contribution in [0.4, 0.5) is 5.69 Å². The second-order valence-electron chi connectivity index (χ2n) is 7.54. The molecule has 1 atom stereocenters. The second-order valence-corrected chi connectivity index (χ2v) is 12.7. The minimum Gasteiger partial charge on any atom is -0.465 e. The molecule has 1 aliphatic heterocycles. The molecule has 1 fully saturated rings. The van der Waals surface area contributed by atoms with Gasteiger partial charge in [0, 0.05) is 40.0 Å². The molecule has 3 rings (SSSR count). The smallest absolute Gasteiger partial charge is 0.350 e. The van der Waals surface area contributed by atoms with Crippen molar-refractivity contribution in [2.45, 2.75) is 44.9 Å². The molecule has 0 spiro atoms. The Bertz CT molecular complexity index is 834. The number of carbonyl (C=O) groups excluding carboxylic acids is 2. The van der Waals surface area contributed by atoms with E-state index in [-0.39, 0.29) is 44.3 Å². The van der Waals surface area contributed by atoms with Gasteiger partial charge in [0.15, 0.2) is 0 Å². The standard InChI is InChI=1S/C22H28NO3PS.Y/c1-4-18(21(24)23-19-16(2)15-28-20(19)22(25)26-3)27(12-8-9-13-27)14-17-10-6-5-7-11-17;/h5-7,10-11,15,18H,4,8-9,12-14H2,1-3H3;/p+1. The molecule has 153 valence electrons. The van der Waals surface area contributed by atoms with Gasteiger partial charge in [0.2, 0.25) is 0 Å². The summed E-state index contributed by atoms with van der Waals surface area (Å²) in [4.78, 5) is 26.0. The normalized spacial score (nSPS) is 16.0. The van der Waals surface area contributed by atoms with E-state index in [9.17, 15) is 9.59 Å². The minimum absolute atomic E-state index is 0. The molecule has 0 bridgehead atoms. The van der Waals surface area contributed by atoms with Crippen LogP contribution in [0.2, 0.25) is 0 Å². The fourth-order valence-corrected chi connectivity index (χ4v) is 10.6. The van der Waals surface area contributed by atoms with Crippen LogP contribution in [-0.4, -0.2) is 37.0 Å². The number of benzene rings is 1. The molecular weight excluding hydrogens is 478 g/mol. The number of rotatable bonds is 7. The third-order valence-corrected chi connectivity index (χ3v) is 12.2. The van der Waals surface area contributed by atoms with Crippen molar-refractivity contribution < 1.29 is 47.0 Å². The third kappa shape index (κ3) is 5.55. The van der Waals surface area contributed by atoms with Crippen molar-refractivity contribution in [1.82, 2.24) is 0 Å². The number of hydrogen-bond acceptors (Lipinski definition) is 4. The number of anilines is 1. The molecule has 0 aliphatic carbocycles. The van der Waals surface area contributed by atoms with Crippen molar-refractivity contribution in [2.24, 2.45) is 0 Å². The van der Waals surface area contributed by atoms with E-state index < -0.39 is 13.2 Å². The first-order valence-corrected chi connectivity index (χ1v) is 13.2. The molecule has 1 aromatic heterocycles. The van der Waals surface area contributed by atoms with Gasteiger partial charge in [-0.1, -0.05) is 37.3 Å². The maximum Gasteiger partial charge on any atom is 0.350 e. The van der Waals surface area contributed by atoms with E-state index in [0.717, 1.165) is 18.1 Å². The summed E-state index contributed by atoms with van der Waals surface area (Å²) in [5.74, 6) is -0.323. The predicted molar refractivity (Wildman–Crippen MR) is 119 cm³/mol. The molecule has 0 saturated carbocycles. The number of amides is 1. The van der Waals surface area contributed by atoms with Crippen LogP contribution in [-0.2, 0) is 48.4 Å². The van der Waals surface area contributed by atoms with Crippen LogP contribution in [0.3, 0.4) is 0 Å². The van der Waals surface area contributed by atoms with Crippen molar-refractivity contribution in [2.75, 3.05) is 24.8 Å². The summed E-state index contributed by atoms with van der Waals surface area (Å²) in [6.45, 7) is 4.04. The number of nitrogens with one attached hydrogen (secondary N) is 1. The van der Waals surface area contributed by atoms with E-state index >= 15 is 0 Å². The van der Waals surface area contributed by atoms with Gasteiger partial charge in [0.05, 0.1) is 31.3 Å². The average Bonchev–Trinajstić information content (AvgIpc) is 3.30. The Morgan fingerprint density at radius 3 is 2.45 bits per heavy atom. The number of methoxy groups -OCH3 is 1. The van der Waals surface area contributed by atoms with Gasteiger partial charge in [-0.3, -0.25) is 4.79 Å². The number of aryl methyl sites for hydroxylation is 1. The number of ether oxygens (including phenoxy) is 1. The Morgan fingerprint density at radius 2 is 1.86 bits per heavy atom. The van der Waals surface area contributed by atoms with Crippen molar-refractivity contribution >= 4 is 36.2 Å². The summed E-state index contributed by atoms with van der Waals surface area (Å²) in [5.41, 5.74) is 2.90. The molecule has 29 heavy (non-hydrogen) atoms. The fraction of sp³-hybridized carbons (Fsp3) is 0.455. The van der Waals surface area contributed by atoms with Gasteiger partial charge in [-0.2, -0.15) is 0 Å². The summed E-state index contributed by atoms with van der Waals surface area (Å²) >= 11 is 1.32. The van der Waals surface area contributed by atoms with E-state index in [1.165, 1.54) is 49.2 Å². The van der Waals surface area contributed by atoms with Crippen LogP contribution in [0.15, 0.2) is 35.7 Å². The zero-order valence-electron chi connectivity index (χ0n) is 17.4. The van der Waals surface area contributed by atoms with Gasteiger partial charge >= 0.3 is 5.97 Å². The van der Waals surface area contributed by atoms with Crippen LogP contribution in [0.1, 0.15) is 47.0 Å². The van der Waals surface area contributed by atoms with Crippen LogP contribution in [0.5, 0.6) is 0 Å². The largest absolute Gasteiger partial charge is 0.465 e. The van der Waals surface area contributed by atoms with E-state index in [4.69, 9.17) is 4.74 Å². The first-order valence-electron chi connectivity index (χ1n) is 9.87. The SMILES string of the molecule is CCC(C(=O)Nc1c(C)csc1C(=O)OC)[P+]1(Cc2ccccc2)CCCC1.[Y]. The maximum absolute atomic E-state index is 13.4. The maximum atomic E-state index is 13.4. The Labute approximate surface area is 203 Å². The first-order chi connectivity index (χ1) is 13.5. The molecule has 2 heterocycles. The van der Waals surface area contributed by atoms with Crippen molar-refractivity contribution in [1.29, 1.82) is 0 Å². The van der Waals surface area contributed by atoms with E-state index in [0.29, 0.717) is 10.6 Å². The molecule has 1 N–H and O–H groups in total. The summed E-state index contributed by atoms with van der Waals surface area (Å²) in [6, 6.07) is 10.6. The second kappa shape index (κ2) is 11.1. The average molecular weight is 507 g/mol. The van der Waals surface area contributed by atoms with Crippen LogP contribution in [0.25, 0.3) is 0 Å². The Kier molecular flexibility index (Phi) is 9.47. The Balaban J connectivity index is 0.00000300.